The average Bonchev–Trinajstić information content (AvgIpc) is 2.57. The molecule has 1 atom stereocenters. The lowest BCUT2D eigenvalue weighted by molar-refractivity contribution is -0.145. The van der Waals surface area contributed by atoms with Crippen LogP contribution in [0.2, 0.25) is 0 Å². The molecule has 0 aliphatic carbocycles. The number of esters is 1. The van der Waals surface area contributed by atoms with E-state index in [1.165, 1.54) is 77.0 Å². The van der Waals surface area contributed by atoms with Crippen LogP contribution in [0, 0.1) is 0 Å². The first-order valence-corrected chi connectivity index (χ1v) is 10.1. The first-order valence-electron chi connectivity index (χ1n) is 10.1. The first-order chi connectivity index (χ1) is 11.2. The molecule has 0 spiro atoms. The zero-order chi connectivity index (χ0) is 17.2. The number of hydrogen-bond acceptors (Lipinski definition) is 3. The maximum absolute atomic E-state index is 11.4. The van der Waals surface area contributed by atoms with E-state index in [-0.39, 0.29) is 18.4 Å². The second-order valence-electron chi connectivity index (χ2n) is 6.78. The molecule has 2 N–H and O–H groups in total. The molecule has 0 aromatic heterocycles. The minimum atomic E-state index is -0.443. The van der Waals surface area contributed by atoms with Gasteiger partial charge in [-0.15, -0.1) is 12.4 Å². The molecule has 0 heterocycles. The Bertz CT molecular complexity index is 262. The van der Waals surface area contributed by atoms with Gasteiger partial charge in [0.05, 0.1) is 6.61 Å². The summed E-state index contributed by atoms with van der Waals surface area (Å²) in [4.78, 5) is 11.4. The van der Waals surface area contributed by atoms with Gasteiger partial charge in [-0.2, -0.15) is 0 Å². The van der Waals surface area contributed by atoms with E-state index in [0.29, 0.717) is 13.0 Å². The lowest BCUT2D eigenvalue weighted by Gasteiger charge is -2.09. The Morgan fingerprint density at radius 1 is 0.750 bits per heavy atom. The molecular formula is C20H42ClNO2. The van der Waals surface area contributed by atoms with E-state index in [2.05, 4.69) is 6.92 Å². The summed E-state index contributed by atoms with van der Waals surface area (Å²) in [7, 11) is 0. The third-order valence-corrected chi connectivity index (χ3v) is 4.48. The van der Waals surface area contributed by atoms with Crippen molar-refractivity contribution in [1.29, 1.82) is 0 Å². The van der Waals surface area contributed by atoms with Crippen molar-refractivity contribution in [3.63, 3.8) is 0 Å². The van der Waals surface area contributed by atoms with Gasteiger partial charge in [0.2, 0.25) is 0 Å². The normalized spacial score (nSPS) is 11.8. The average molecular weight is 364 g/mol. The van der Waals surface area contributed by atoms with Gasteiger partial charge in [0, 0.05) is 0 Å². The van der Waals surface area contributed by atoms with Gasteiger partial charge in [-0.3, -0.25) is 4.79 Å². The first kappa shape index (κ1) is 26.0. The zero-order valence-corrected chi connectivity index (χ0v) is 17.0. The smallest absolute Gasteiger partial charge is 0.322 e. The molecule has 4 heteroatoms. The van der Waals surface area contributed by atoms with Crippen LogP contribution < -0.4 is 5.73 Å². The predicted octanol–water partition coefficient (Wildman–Crippen LogP) is 6.17. The number of unbranched alkanes of at least 4 members (excludes halogenated alkanes) is 13. The Morgan fingerprint density at radius 3 is 1.50 bits per heavy atom. The van der Waals surface area contributed by atoms with E-state index in [1.54, 1.807) is 0 Å². The van der Waals surface area contributed by atoms with Gasteiger partial charge in [0.15, 0.2) is 0 Å². The summed E-state index contributed by atoms with van der Waals surface area (Å²) in [6, 6.07) is -0.443. The zero-order valence-electron chi connectivity index (χ0n) is 16.2. The molecule has 24 heavy (non-hydrogen) atoms. The van der Waals surface area contributed by atoms with Crippen molar-refractivity contribution >= 4 is 18.4 Å². The molecule has 0 radical (unpaired) electrons. The fraction of sp³-hybridized carbons (Fsp3) is 0.950. The topological polar surface area (TPSA) is 52.3 Å². The van der Waals surface area contributed by atoms with Crippen molar-refractivity contribution in [2.24, 2.45) is 5.73 Å². The van der Waals surface area contributed by atoms with Crippen molar-refractivity contribution in [3.05, 3.63) is 0 Å². The minimum Gasteiger partial charge on any atom is -0.465 e. The number of carbonyl (C=O) groups excluding carboxylic acids is 1. The standard InChI is InChI=1S/C20H41NO2.ClH/c1-3-5-6-7-8-9-10-11-12-13-14-15-16-17-18-23-20(22)19(21)4-2;/h19H,3-18,21H2,1-2H3;1H. The minimum absolute atomic E-state index is 0. The van der Waals surface area contributed by atoms with Crippen molar-refractivity contribution in [1.82, 2.24) is 0 Å². The van der Waals surface area contributed by atoms with Gasteiger partial charge in [-0.1, -0.05) is 97.3 Å². The number of rotatable bonds is 17. The lowest BCUT2D eigenvalue weighted by atomic mass is 10.0. The Morgan fingerprint density at radius 2 is 1.12 bits per heavy atom. The highest BCUT2D eigenvalue weighted by Gasteiger charge is 2.11. The Labute approximate surface area is 156 Å². The SMILES string of the molecule is CCCCCCCCCCCCCCCCOC(=O)C(N)CC.Cl. The molecule has 0 saturated heterocycles. The molecule has 0 saturated carbocycles. The van der Waals surface area contributed by atoms with Crippen LogP contribution in [0.15, 0.2) is 0 Å². The van der Waals surface area contributed by atoms with Crippen molar-refractivity contribution in [2.45, 2.75) is 116 Å². The lowest BCUT2D eigenvalue weighted by Crippen LogP contribution is -2.31. The van der Waals surface area contributed by atoms with Crippen LogP contribution in [-0.2, 0) is 9.53 Å². The molecule has 0 amide bonds. The quantitative estimate of drug-likeness (QED) is 0.248. The van der Waals surface area contributed by atoms with Crippen LogP contribution in [0.1, 0.15) is 110 Å². The van der Waals surface area contributed by atoms with E-state index in [0.717, 1.165) is 12.8 Å². The summed E-state index contributed by atoms with van der Waals surface area (Å²) < 4.78 is 5.14. The summed E-state index contributed by atoms with van der Waals surface area (Å²) in [5.41, 5.74) is 5.60. The molecule has 0 aromatic rings. The van der Waals surface area contributed by atoms with Crippen LogP contribution >= 0.6 is 12.4 Å². The summed E-state index contributed by atoms with van der Waals surface area (Å²) >= 11 is 0. The molecule has 0 aliphatic heterocycles. The van der Waals surface area contributed by atoms with E-state index in [4.69, 9.17) is 10.5 Å². The molecule has 146 valence electrons. The van der Waals surface area contributed by atoms with Crippen LogP contribution in [0.5, 0.6) is 0 Å². The largest absolute Gasteiger partial charge is 0.465 e. The van der Waals surface area contributed by atoms with E-state index in [9.17, 15) is 4.79 Å². The highest BCUT2D eigenvalue weighted by molar-refractivity contribution is 5.85. The molecule has 0 bridgehead atoms. The fourth-order valence-electron chi connectivity index (χ4n) is 2.74. The van der Waals surface area contributed by atoms with Gasteiger partial charge in [-0.25, -0.2) is 0 Å². The molecule has 0 fully saturated rings. The number of hydrogen-bond donors (Lipinski definition) is 1. The fourth-order valence-corrected chi connectivity index (χ4v) is 2.74. The highest BCUT2D eigenvalue weighted by atomic mass is 35.5. The van der Waals surface area contributed by atoms with E-state index < -0.39 is 6.04 Å². The molecule has 0 rings (SSSR count). The van der Waals surface area contributed by atoms with Gasteiger partial charge in [0.1, 0.15) is 6.04 Å². The summed E-state index contributed by atoms with van der Waals surface area (Å²) in [6.07, 6.45) is 19.4. The van der Waals surface area contributed by atoms with Gasteiger partial charge in [0.25, 0.3) is 0 Å². The summed E-state index contributed by atoms with van der Waals surface area (Å²) in [6.45, 7) is 4.71. The maximum Gasteiger partial charge on any atom is 0.322 e. The summed E-state index contributed by atoms with van der Waals surface area (Å²) in [5, 5.41) is 0. The van der Waals surface area contributed by atoms with Crippen LogP contribution in [-0.4, -0.2) is 18.6 Å². The van der Waals surface area contributed by atoms with Gasteiger partial charge < -0.3 is 10.5 Å². The summed E-state index contributed by atoms with van der Waals surface area (Å²) in [5.74, 6) is -0.248. The van der Waals surface area contributed by atoms with E-state index >= 15 is 0 Å². The monoisotopic (exact) mass is 363 g/mol. The molecule has 0 aromatic carbocycles. The Balaban J connectivity index is 0. The number of halogens is 1. The molecule has 1 unspecified atom stereocenters. The second-order valence-corrected chi connectivity index (χ2v) is 6.78. The third kappa shape index (κ3) is 18.1. The highest BCUT2D eigenvalue weighted by Crippen LogP contribution is 2.12. The van der Waals surface area contributed by atoms with Crippen LogP contribution in [0.3, 0.4) is 0 Å². The maximum atomic E-state index is 11.4. The number of carbonyl (C=O) groups is 1. The van der Waals surface area contributed by atoms with Crippen molar-refractivity contribution in [3.8, 4) is 0 Å². The van der Waals surface area contributed by atoms with Crippen LogP contribution in [0.4, 0.5) is 0 Å². The second kappa shape index (κ2) is 20.8. The Kier molecular flexibility index (Phi) is 22.5. The number of nitrogens with two attached hydrogens (primary N) is 1. The van der Waals surface area contributed by atoms with E-state index in [1.807, 2.05) is 6.92 Å². The molecule has 3 nitrogen and oxygen atoms in total. The Hall–Kier alpha value is -0.280. The molecular weight excluding hydrogens is 322 g/mol. The number of ether oxygens (including phenoxy) is 1. The van der Waals surface area contributed by atoms with Crippen molar-refractivity contribution in [2.75, 3.05) is 6.61 Å². The van der Waals surface area contributed by atoms with Gasteiger partial charge in [-0.05, 0) is 12.8 Å². The third-order valence-electron chi connectivity index (χ3n) is 4.48. The van der Waals surface area contributed by atoms with Gasteiger partial charge >= 0.3 is 5.97 Å². The molecule has 0 aliphatic rings. The predicted molar refractivity (Wildman–Crippen MR) is 107 cm³/mol. The van der Waals surface area contributed by atoms with Crippen LogP contribution in [0.25, 0.3) is 0 Å². The van der Waals surface area contributed by atoms with Crippen molar-refractivity contribution < 1.29 is 9.53 Å².